The summed E-state index contributed by atoms with van der Waals surface area (Å²) >= 11 is 0. The molecule has 4 aliphatic rings. The molecule has 4 saturated carbocycles. The van der Waals surface area contributed by atoms with E-state index in [2.05, 4.69) is 0 Å². The molecule has 1 atom stereocenters. The molecule has 102 valence electrons. The molecule has 0 saturated heterocycles. The highest BCUT2D eigenvalue weighted by Gasteiger charge is 2.50. The average Bonchev–Trinajstić information content (AvgIpc) is 2.32. The lowest BCUT2D eigenvalue weighted by atomic mass is 9.50. The summed E-state index contributed by atoms with van der Waals surface area (Å²) in [5.74, 6) is 3.22. The molecule has 4 rings (SSSR count). The van der Waals surface area contributed by atoms with Gasteiger partial charge in [-0.3, -0.25) is 4.79 Å². The van der Waals surface area contributed by atoms with E-state index in [0.717, 1.165) is 23.7 Å². The minimum absolute atomic E-state index is 0.547. The van der Waals surface area contributed by atoms with Crippen LogP contribution in [-0.2, 0) is 4.79 Å². The Kier molecular flexibility index (Phi) is 2.92. The Morgan fingerprint density at radius 2 is 1.67 bits per heavy atom. The maximum Gasteiger partial charge on any atom is 0.323 e. The van der Waals surface area contributed by atoms with Crippen LogP contribution in [0.5, 0.6) is 0 Å². The number of carboxylic acid groups (broad SMARTS) is 1. The molecule has 4 aliphatic carbocycles. The van der Waals surface area contributed by atoms with Crippen molar-refractivity contribution in [2.24, 2.45) is 35.3 Å². The van der Waals surface area contributed by atoms with Crippen LogP contribution in [-0.4, -0.2) is 16.6 Å². The molecule has 0 aromatic heterocycles. The van der Waals surface area contributed by atoms with E-state index in [0.29, 0.717) is 18.8 Å². The van der Waals surface area contributed by atoms with Crippen molar-refractivity contribution in [1.29, 1.82) is 0 Å². The first-order chi connectivity index (χ1) is 8.51. The minimum Gasteiger partial charge on any atom is -0.480 e. The van der Waals surface area contributed by atoms with Gasteiger partial charge in [-0.25, -0.2) is 0 Å². The standard InChI is InChI=1S/C15H25NO2/c1-2-15(16,14(17)18)8-13-11-4-9-3-10(6-11)7-12(13)5-9/h9-13H,2-8,16H2,1H3,(H,17,18). The average molecular weight is 251 g/mol. The predicted octanol–water partition coefficient (Wildman–Crippen LogP) is 2.64. The molecule has 0 aliphatic heterocycles. The second-order valence-corrected chi connectivity index (χ2v) is 7.11. The lowest BCUT2D eigenvalue weighted by molar-refractivity contribution is -0.146. The number of aliphatic carboxylic acids is 1. The van der Waals surface area contributed by atoms with Gasteiger partial charge in [-0.05, 0) is 74.5 Å². The Balaban J connectivity index is 1.75. The molecule has 4 bridgehead atoms. The van der Waals surface area contributed by atoms with Crippen molar-refractivity contribution in [2.45, 2.75) is 57.4 Å². The van der Waals surface area contributed by atoms with Gasteiger partial charge in [0.25, 0.3) is 0 Å². The second kappa shape index (κ2) is 4.22. The molecular formula is C15H25NO2. The summed E-state index contributed by atoms with van der Waals surface area (Å²) in [5, 5.41) is 9.36. The molecule has 0 spiro atoms. The van der Waals surface area contributed by atoms with Gasteiger partial charge in [-0.2, -0.15) is 0 Å². The Morgan fingerprint density at radius 1 is 1.17 bits per heavy atom. The van der Waals surface area contributed by atoms with Crippen LogP contribution in [0.4, 0.5) is 0 Å². The zero-order valence-corrected chi connectivity index (χ0v) is 11.3. The highest BCUT2D eigenvalue weighted by molar-refractivity contribution is 5.78. The molecule has 3 nitrogen and oxygen atoms in total. The van der Waals surface area contributed by atoms with Crippen molar-refractivity contribution >= 4 is 5.97 Å². The summed E-state index contributed by atoms with van der Waals surface area (Å²) in [6.45, 7) is 1.91. The first-order valence-corrected chi connectivity index (χ1v) is 7.54. The highest BCUT2D eigenvalue weighted by Crippen LogP contribution is 2.58. The molecule has 0 aromatic carbocycles. The topological polar surface area (TPSA) is 63.3 Å². The zero-order valence-electron chi connectivity index (χ0n) is 11.3. The molecule has 4 fully saturated rings. The van der Waals surface area contributed by atoms with E-state index < -0.39 is 11.5 Å². The Bertz CT molecular complexity index is 326. The van der Waals surface area contributed by atoms with E-state index in [-0.39, 0.29) is 0 Å². The minimum atomic E-state index is -0.986. The smallest absolute Gasteiger partial charge is 0.323 e. The van der Waals surface area contributed by atoms with Crippen LogP contribution in [0.1, 0.15) is 51.9 Å². The summed E-state index contributed by atoms with van der Waals surface area (Å²) in [6.07, 6.45) is 8.07. The van der Waals surface area contributed by atoms with Crippen LogP contribution in [0.25, 0.3) is 0 Å². The number of carboxylic acids is 1. The fourth-order valence-corrected chi connectivity index (χ4v) is 5.17. The molecule has 3 N–H and O–H groups in total. The SMILES string of the molecule is CCC(N)(CC1C2CC3CC(C2)CC1C3)C(=O)O. The van der Waals surface area contributed by atoms with Gasteiger partial charge in [0.15, 0.2) is 0 Å². The summed E-state index contributed by atoms with van der Waals surface area (Å²) in [4.78, 5) is 11.4. The van der Waals surface area contributed by atoms with Crippen LogP contribution in [0, 0.1) is 29.6 Å². The largest absolute Gasteiger partial charge is 0.480 e. The molecular weight excluding hydrogens is 226 g/mol. The number of hydrogen-bond donors (Lipinski definition) is 2. The summed E-state index contributed by atoms with van der Waals surface area (Å²) in [5.41, 5.74) is 5.13. The Hall–Kier alpha value is -0.570. The normalized spacial score (nSPS) is 44.9. The van der Waals surface area contributed by atoms with Gasteiger partial charge < -0.3 is 10.8 Å². The van der Waals surface area contributed by atoms with Crippen LogP contribution in [0.2, 0.25) is 0 Å². The third-order valence-electron chi connectivity index (χ3n) is 6.08. The van der Waals surface area contributed by atoms with Gasteiger partial charge in [0.1, 0.15) is 5.54 Å². The van der Waals surface area contributed by atoms with E-state index in [1.54, 1.807) is 0 Å². The summed E-state index contributed by atoms with van der Waals surface area (Å²) < 4.78 is 0. The maximum atomic E-state index is 11.4. The third-order valence-corrected chi connectivity index (χ3v) is 6.08. The zero-order chi connectivity index (χ0) is 12.9. The van der Waals surface area contributed by atoms with Crippen LogP contribution < -0.4 is 5.73 Å². The monoisotopic (exact) mass is 251 g/mol. The first-order valence-electron chi connectivity index (χ1n) is 7.54. The number of hydrogen-bond acceptors (Lipinski definition) is 2. The third kappa shape index (κ3) is 1.87. The van der Waals surface area contributed by atoms with Crippen molar-refractivity contribution in [2.75, 3.05) is 0 Å². The molecule has 0 aromatic rings. The van der Waals surface area contributed by atoms with Crippen molar-refractivity contribution in [3.8, 4) is 0 Å². The van der Waals surface area contributed by atoms with E-state index in [1.807, 2.05) is 6.92 Å². The van der Waals surface area contributed by atoms with Gasteiger partial charge in [-0.1, -0.05) is 6.92 Å². The van der Waals surface area contributed by atoms with Crippen LogP contribution in [0.3, 0.4) is 0 Å². The fraction of sp³-hybridized carbons (Fsp3) is 0.933. The van der Waals surface area contributed by atoms with Crippen molar-refractivity contribution in [1.82, 2.24) is 0 Å². The summed E-state index contributed by atoms with van der Waals surface area (Å²) in [7, 11) is 0. The van der Waals surface area contributed by atoms with E-state index in [1.165, 1.54) is 32.1 Å². The number of carbonyl (C=O) groups is 1. The molecule has 3 heteroatoms. The van der Waals surface area contributed by atoms with Crippen molar-refractivity contribution in [3.05, 3.63) is 0 Å². The highest BCUT2D eigenvalue weighted by atomic mass is 16.4. The fourth-order valence-electron chi connectivity index (χ4n) is 5.17. The van der Waals surface area contributed by atoms with E-state index >= 15 is 0 Å². The van der Waals surface area contributed by atoms with Crippen LogP contribution in [0.15, 0.2) is 0 Å². The molecule has 1 unspecified atom stereocenters. The van der Waals surface area contributed by atoms with Gasteiger partial charge in [0.2, 0.25) is 0 Å². The Morgan fingerprint density at radius 3 is 2.06 bits per heavy atom. The van der Waals surface area contributed by atoms with E-state index in [9.17, 15) is 9.90 Å². The quantitative estimate of drug-likeness (QED) is 0.807. The lowest BCUT2D eigenvalue weighted by Crippen LogP contribution is -2.54. The molecule has 0 heterocycles. The molecule has 0 amide bonds. The Labute approximate surface area is 109 Å². The molecule has 18 heavy (non-hydrogen) atoms. The number of rotatable bonds is 4. The second-order valence-electron chi connectivity index (χ2n) is 7.11. The maximum absolute atomic E-state index is 11.4. The van der Waals surface area contributed by atoms with Crippen LogP contribution >= 0.6 is 0 Å². The van der Waals surface area contributed by atoms with Gasteiger partial charge >= 0.3 is 5.97 Å². The lowest BCUT2D eigenvalue weighted by Gasteiger charge is -2.55. The van der Waals surface area contributed by atoms with Gasteiger partial charge in [-0.15, -0.1) is 0 Å². The first kappa shape index (κ1) is 12.5. The summed E-state index contributed by atoms with van der Waals surface area (Å²) in [6, 6.07) is 0. The van der Waals surface area contributed by atoms with Crippen molar-refractivity contribution < 1.29 is 9.90 Å². The number of nitrogens with two attached hydrogens (primary N) is 1. The van der Waals surface area contributed by atoms with Gasteiger partial charge in [0.05, 0.1) is 0 Å². The van der Waals surface area contributed by atoms with Gasteiger partial charge in [0, 0.05) is 0 Å². The van der Waals surface area contributed by atoms with Crippen molar-refractivity contribution in [3.63, 3.8) is 0 Å². The predicted molar refractivity (Wildman–Crippen MR) is 70.0 cm³/mol. The van der Waals surface area contributed by atoms with E-state index in [4.69, 9.17) is 5.73 Å². The molecule has 0 radical (unpaired) electrons.